The van der Waals surface area contributed by atoms with Crippen LogP contribution in [0.2, 0.25) is 0 Å². The van der Waals surface area contributed by atoms with Crippen LogP contribution in [0, 0.1) is 0 Å². The van der Waals surface area contributed by atoms with Gasteiger partial charge in [0.25, 0.3) is 0 Å². The van der Waals surface area contributed by atoms with Gasteiger partial charge in [-0.25, -0.2) is 0 Å². The van der Waals surface area contributed by atoms with Crippen molar-refractivity contribution in [1.29, 1.82) is 0 Å². The second-order valence-corrected chi connectivity index (χ2v) is 6.59. The van der Waals surface area contributed by atoms with Crippen molar-refractivity contribution in [2.75, 3.05) is 50.0 Å². The fourth-order valence-electron chi connectivity index (χ4n) is 2.10. The monoisotopic (exact) mass is 480 g/mol. The smallest absolute Gasteiger partial charge is 0.221 e. The van der Waals surface area contributed by atoms with Gasteiger partial charge < -0.3 is 41.7 Å². The van der Waals surface area contributed by atoms with Crippen molar-refractivity contribution < 1.29 is 30.0 Å². The summed E-state index contributed by atoms with van der Waals surface area (Å²) >= 11 is 0. The highest BCUT2D eigenvalue weighted by Gasteiger charge is 1.94. The lowest BCUT2D eigenvalue weighted by Crippen LogP contribution is -2.39. The molecule has 3 rings (SSSR count). The second kappa shape index (κ2) is 23.0. The quantitative estimate of drug-likeness (QED) is 0.302. The maximum absolute atomic E-state index is 10.5. The zero-order valence-corrected chi connectivity index (χ0v) is 20.5. The third-order valence-corrected chi connectivity index (χ3v) is 3.33. The number of hydrogen-bond donors (Lipinski definition) is 8. The summed E-state index contributed by atoms with van der Waals surface area (Å²) in [4.78, 5) is 21.0. The molecule has 0 unspecified atom stereocenters. The molecule has 1 fully saturated rings. The summed E-state index contributed by atoms with van der Waals surface area (Å²) in [6, 6.07) is 12.6. The molecule has 2 aromatic rings. The molecule has 0 aromatic heterocycles. The number of anilines is 2. The molecule has 1 heterocycles. The highest BCUT2D eigenvalue weighted by molar-refractivity contribution is 5.89. The Morgan fingerprint density at radius 2 is 0.912 bits per heavy atom. The highest BCUT2D eigenvalue weighted by atomic mass is 16.3. The van der Waals surface area contributed by atoms with E-state index in [1.165, 1.54) is 38.1 Å². The number of carbonyl (C=O) groups excluding carboxylic acids is 2. The van der Waals surface area contributed by atoms with Crippen molar-refractivity contribution >= 4 is 23.2 Å². The normalized spacial score (nSPS) is 11.2. The fraction of sp³-hybridized carbons (Fsp3) is 0.417. The van der Waals surface area contributed by atoms with Gasteiger partial charge in [-0.05, 0) is 62.4 Å². The van der Waals surface area contributed by atoms with Crippen molar-refractivity contribution in [1.82, 2.24) is 10.6 Å². The first-order valence-electron chi connectivity index (χ1n) is 11.0. The van der Waals surface area contributed by atoms with Crippen LogP contribution in [0.25, 0.3) is 0 Å². The number of amides is 2. The number of phenolic OH excluding ortho intramolecular Hbond substituents is 2. The van der Waals surface area contributed by atoms with Gasteiger partial charge in [0.2, 0.25) is 11.8 Å². The molecule has 0 atom stereocenters. The van der Waals surface area contributed by atoms with E-state index in [0.29, 0.717) is 11.4 Å². The maximum Gasteiger partial charge on any atom is 0.221 e. The van der Waals surface area contributed by atoms with Crippen molar-refractivity contribution in [3.63, 3.8) is 0 Å². The number of piperazine rings is 1. The average Bonchev–Trinajstić information content (AvgIpc) is 2.80. The largest absolute Gasteiger partial charge is 0.508 e. The Hall–Kier alpha value is -3.18. The SMILES string of the molecule is C1CNCCN1.CC(=O)Nc1ccc(O)cc1.CC(=O)Nc1ccc(O)cc1.CCO.CCO. The Kier molecular flexibility index (Phi) is 22.3. The van der Waals surface area contributed by atoms with E-state index in [0.717, 1.165) is 26.2 Å². The molecule has 0 aliphatic carbocycles. The van der Waals surface area contributed by atoms with Gasteiger partial charge in [-0.1, -0.05) is 0 Å². The number of phenols is 2. The minimum absolute atomic E-state index is 0.115. The lowest BCUT2D eigenvalue weighted by Gasteiger charge is -2.11. The van der Waals surface area contributed by atoms with E-state index in [1.54, 1.807) is 38.1 Å². The lowest BCUT2D eigenvalue weighted by atomic mass is 10.3. The molecular formula is C24H40N4O6. The number of carbonyl (C=O) groups is 2. The van der Waals surface area contributed by atoms with Gasteiger partial charge in [0, 0.05) is 64.6 Å². The summed E-state index contributed by atoms with van der Waals surface area (Å²) < 4.78 is 0. The van der Waals surface area contributed by atoms with Gasteiger partial charge in [0.15, 0.2) is 0 Å². The fourth-order valence-corrected chi connectivity index (χ4v) is 2.10. The summed E-state index contributed by atoms with van der Waals surface area (Å²) in [5, 5.41) is 44.5. The molecule has 1 saturated heterocycles. The molecule has 8 N–H and O–H groups in total. The highest BCUT2D eigenvalue weighted by Crippen LogP contribution is 2.13. The van der Waals surface area contributed by atoms with Crippen LogP contribution in [-0.2, 0) is 9.59 Å². The van der Waals surface area contributed by atoms with Crippen LogP contribution in [0.5, 0.6) is 11.5 Å². The molecule has 1 aliphatic rings. The molecule has 0 saturated carbocycles. The molecule has 10 heteroatoms. The van der Waals surface area contributed by atoms with Crippen molar-refractivity contribution in [2.45, 2.75) is 27.7 Å². The van der Waals surface area contributed by atoms with E-state index in [-0.39, 0.29) is 36.5 Å². The number of aromatic hydroxyl groups is 2. The van der Waals surface area contributed by atoms with E-state index in [2.05, 4.69) is 21.3 Å². The number of nitrogens with one attached hydrogen (secondary N) is 4. The van der Waals surface area contributed by atoms with Crippen molar-refractivity contribution in [3.8, 4) is 11.5 Å². The predicted molar refractivity (Wildman–Crippen MR) is 136 cm³/mol. The summed E-state index contributed by atoms with van der Waals surface area (Å²) in [6.07, 6.45) is 0. The molecule has 10 nitrogen and oxygen atoms in total. The first-order valence-corrected chi connectivity index (χ1v) is 11.0. The zero-order valence-electron chi connectivity index (χ0n) is 20.5. The van der Waals surface area contributed by atoms with Crippen LogP contribution in [0.15, 0.2) is 48.5 Å². The lowest BCUT2D eigenvalue weighted by molar-refractivity contribution is -0.115. The number of aliphatic hydroxyl groups is 2. The molecule has 1 aliphatic heterocycles. The Balaban J connectivity index is 0. The Morgan fingerprint density at radius 1 is 0.676 bits per heavy atom. The summed E-state index contributed by atoms with van der Waals surface area (Å²) in [5.74, 6) is 0.157. The van der Waals surface area contributed by atoms with Crippen LogP contribution < -0.4 is 21.3 Å². The second-order valence-electron chi connectivity index (χ2n) is 6.59. The van der Waals surface area contributed by atoms with E-state index < -0.39 is 0 Å². The molecule has 2 aromatic carbocycles. The van der Waals surface area contributed by atoms with Gasteiger partial charge in [-0.2, -0.15) is 0 Å². The van der Waals surface area contributed by atoms with Crippen LogP contribution >= 0.6 is 0 Å². The van der Waals surface area contributed by atoms with E-state index in [9.17, 15) is 9.59 Å². The predicted octanol–water partition coefficient (Wildman–Crippen LogP) is 1.88. The third-order valence-electron chi connectivity index (χ3n) is 3.33. The van der Waals surface area contributed by atoms with E-state index in [1.807, 2.05) is 0 Å². The Morgan fingerprint density at radius 3 is 1.09 bits per heavy atom. The van der Waals surface area contributed by atoms with Crippen LogP contribution in [0.3, 0.4) is 0 Å². The average molecular weight is 481 g/mol. The maximum atomic E-state index is 10.5. The number of rotatable bonds is 2. The van der Waals surface area contributed by atoms with Gasteiger partial charge >= 0.3 is 0 Å². The van der Waals surface area contributed by atoms with Gasteiger partial charge in [-0.15, -0.1) is 0 Å². The standard InChI is InChI=1S/2C8H9NO2.C4H10N2.2C2H6O/c2*1-6(10)9-7-2-4-8(11)5-3-7;1-2-6-4-3-5-1;2*1-2-3/h2*2-5,11H,1H3,(H,9,10);5-6H,1-4H2;2*3H,2H2,1H3. The van der Waals surface area contributed by atoms with E-state index >= 15 is 0 Å². The number of aliphatic hydroxyl groups excluding tert-OH is 2. The van der Waals surface area contributed by atoms with Crippen LogP contribution in [-0.4, -0.2) is 71.6 Å². The molecule has 0 bridgehead atoms. The minimum Gasteiger partial charge on any atom is -0.508 e. The summed E-state index contributed by atoms with van der Waals surface area (Å²) in [5.41, 5.74) is 1.38. The van der Waals surface area contributed by atoms with Crippen molar-refractivity contribution in [3.05, 3.63) is 48.5 Å². The van der Waals surface area contributed by atoms with Gasteiger partial charge in [-0.3, -0.25) is 9.59 Å². The van der Waals surface area contributed by atoms with E-state index in [4.69, 9.17) is 20.4 Å². The number of benzene rings is 2. The first-order chi connectivity index (χ1) is 16.2. The van der Waals surface area contributed by atoms with Gasteiger partial charge in [0.05, 0.1) is 0 Å². The Bertz CT molecular complexity index is 680. The first kappa shape index (κ1) is 33.0. The molecule has 0 radical (unpaired) electrons. The molecule has 0 spiro atoms. The molecule has 192 valence electrons. The topological polar surface area (TPSA) is 163 Å². The molecular weight excluding hydrogens is 440 g/mol. The number of hydrogen-bond acceptors (Lipinski definition) is 8. The summed E-state index contributed by atoms with van der Waals surface area (Å²) in [7, 11) is 0. The Labute approximate surface area is 202 Å². The van der Waals surface area contributed by atoms with Crippen LogP contribution in [0.4, 0.5) is 11.4 Å². The van der Waals surface area contributed by atoms with Gasteiger partial charge in [0.1, 0.15) is 11.5 Å². The minimum atomic E-state index is -0.115. The van der Waals surface area contributed by atoms with Crippen molar-refractivity contribution in [2.24, 2.45) is 0 Å². The molecule has 2 amide bonds. The third kappa shape index (κ3) is 23.5. The zero-order chi connectivity index (χ0) is 26.2. The molecule has 34 heavy (non-hydrogen) atoms. The summed E-state index contributed by atoms with van der Waals surface area (Å²) in [6.45, 7) is 11.3. The van der Waals surface area contributed by atoms with Crippen LogP contribution in [0.1, 0.15) is 27.7 Å².